The summed E-state index contributed by atoms with van der Waals surface area (Å²) in [6, 6.07) is 17.4. The van der Waals surface area contributed by atoms with Crippen molar-refractivity contribution < 1.29 is 19.4 Å². The standard InChI is InChI=1S/C21H24N2O4/c24-20(25)11-10-16-14-22-13-12-19(16)27-21(26)23-18-9-5-4-8-17(18)15-6-2-1-3-7-15/h1-9,16,19,22H,10-14H2,(H,23,26)(H,24,25). The largest absolute Gasteiger partial charge is 0.481 e. The Morgan fingerprint density at radius 2 is 1.85 bits per heavy atom. The molecular weight excluding hydrogens is 344 g/mol. The normalized spacial score (nSPS) is 19.3. The number of anilines is 1. The van der Waals surface area contributed by atoms with Crippen molar-refractivity contribution in [3.63, 3.8) is 0 Å². The number of hydrogen-bond acceptors (Lipinski definition) is 4. The maximum absolute atomic E-state index is 12.5. The first-order valence-corrected chi connectivity index (χ1v) is 9.18. The topological polar surface area (TPSA) is 87.7 Å². The average molecular weight is 368 g/mol. The van der Waals surface area contributed by atoms with Crippen LogP contribution in [0.2, 0.25) is 0 Å². The van der Waals surface area contributed by atoms with E-state index in [1.807, 2.05) is 54.6 Å². The molecule has 1 amide bonds. The van der Waals surface area contributed by atoms with Crippen LogP contribution in [0, 0.1) is 5.92 Å². The highest BCUT2D eigenvalue weighted by Crippen LogP contribution is 2.28. The molecule has 2 aromatic rings. The van der Waals surface area contributed by atoms with E-state index in [4.69, 9.17) is 9.84 Å². The van der Waals surface area contributed by atoms with Crippen LogP contribution in [0.5, 0.6) is 0 Å². The van der Waals surface area contributed by atoms with Crippen molar-refractivity contribution in [2.45, 2.75) is 25.4 Å². The van der Waals surface area contributed by atoms with Gasteiger partial charge in [0.1, 0.15) is 6.10 Å². The van der Waals surface area contributed by atoms with E-state index in [1.165, 1.54) is 0 Å². The van der Waals surface area contributed by atoms with Gasteiger partial charge in [-0.15, -0.1) is 0 Å². The predicted octanol–water partition coefficient (Wildman–Crippen LogP) is 3.75. The van der Waals surface area contributed by atoms with E-state index in [0.29, 0.717) is 25.1 Å². The highest BCUT2D eigenvalue weighted by atomic mass is 16.6. The number of hydrogen-bond donors (Lipinski definition) is 3. The Hall–Kier alpha value is -2.86. The summed E-state index contributed by atoms with van der Waals surface area (Å²) in [6.07, 6.45) is 0.448. The zero-order valence-corrected chi connectivity index (χ0v) is 15.1. The van der Waals surface area contributed by atoms with Gasteiger partial charge in [-0.1, -0.05) is 48.5 Å². The van der Waals surface area contributed by atoms with Gasteiger partial charge in [-0.25, -0.2) is 4.79 Å². The van der Waals surface area contributed by atoms with E-state index in [9.17, 15) is 9.59 Å². The number of carboxylic acids is 1. The minimum absolute atomic E-state index is 0.00460. The Labute approximate surface area is 158 Å². The van der Waals surface area contributed by atoms with Crippen molar-refractivity contribution in [2.75, 3.05) is 18.4 Å². The Morgan fingerprint density at radius 1 is 1.11 bits per heavy atom. The highest BCUT2D eigenvalue weighted by molar-refractivity contribution is 5.91. The molecule has 1 saturated heterocycles. The Morgan fingerprint density at radius 3 is 2.63 bits per heavy atom. The fourth-order valence-corrected chi connectivity index (χ4v) is 3.39. The first-order valence-electron chi connectivity index (χ1n) is 9.18. The number of nitrogens with one attached hydrogen (secondary N) is 2. The monoisotopic (exact) mass is 368 g/mol. The lowest BCUT2D eigenvalue weighted by atomic mass is 9.91. The molecule has 0 saturated carbocycles. The Kier molecular flexibility index (Phi) is 6.44. The number of aliphatic carboxylic acids is 1. The van der Waals surface area contributed by atoms with Gasteiger partial charge in [-0.2, -0.15) is 0 Å². The summed E-state index contributed by atoms with van der Waals surface area (Å²) < 4.78 is 5.65. The second-order valence-corrected chi connectivity index (χ2v) is 6.67. The molecule has 1 fully saturated rings. The molecule has 0 spiro atoms. The van der Waals surface area contributed by atoms with Crippen LogP contribution in [0.1, 0.15) is 19.3 Å². The summed E-state index contributed by atoms with van der Waals surface area (Å²) in [4.78, 5) is 23.3. The van der Waals surface area contributed by atoms with Crippen LogP contribution in [0.4, 0.5) is 10.5 Å². The van der Waals surface area contributed by atoms with E-state index in [-0.39, 0.29) is 18.4 Å². The van der Waals surface area contributed by atoms with Crippen molar-refractivity contribution in [3.05, 3.63) is 54.6 Å². The van der Waals surface area contributed by atoms with E-state index >= 15 is 0 Å². The van der Waals surface area contributed by atoms with Gasteiger partial charge in [0, 0.05) is 24.4 Å². The summed E-state index contributed by atoms with van der Waals surface area (Å²) in [5.74, 6) is -0.828. The molecule has 2 atom stereocenters. The third-order valence-electron chi connectivity index (χ3n) is 4.77. The molecule has 1 aliphatic rings. The lowest BCUT2D eigenvalue weighted by molar-refractivity contribution is -0.137. The third kappa shape index (κ3) is 5.31. The van der Waals surface area contributed by atoms with Crippen LogP contribution in [0.15, 0.2) is 54.6 Å². The van der Waals surface area contributed by atoms with Gasteiger partial charge in [0.2, 0.25) is 0 Å². The number of piperidine rings is 1. The third-order valence-corrected chi connectivity index (χ3v) is 4.77. The predicted molar refractivity (Wildman–Crippen MR) is 104 cm³/mol. The zero-order valence-electron chi connectivity index (χ0n) is 15.1. The number of carbonyl (C=O) groups is 2. The number of benzene rings is 2. The summed E-state index contributed by atoms with van der Waals surface area (Å²) >= 11 is 0. The zero-order chi connectivity index (χ0) is 19.1. The van der Waals surface area contributed by atoms with E-state index in [2.05, 4.69) is 10.6 Å². The molecule has 3 N–H and O–H groups in total. The maximum Gasteiger partial charge on any atom is 0.411 e. The molecule has 0 radical (unpaired) electrons. The molecule has 0 aliphatic carbocycles. The maximum atomic E-state index is 12.5. The fraction of sp³-hybridized carbons (Fsp3) is 0.333. The first kappa shape index (κ1) is 18.9. The number of carbonyl (C=O) groups excluding carboxylic acids is 1. The number of rotatable bonds is 6. The summed E-state index contributed by atoms with van der Waals surface area (Å²) in [7, 11) is 0. The molecule has 0 bridgehead atoms. The number of carboxylic acid groups (broad SMARTS) is 1. The van der Waals surface area contributed by atoms with Gasteiger partial charge in [0.25, 0.3) is 0 Å². The number of ether oxygens (including phenoxy) is 1. The molecule has 0 aromatic heterocycles. The fourth-order valence-electron chi connectivity index (χ4n) is 3.39. The minimum atomic E-state index is -0.833. The van der Waals surface area contributed by atoms with Crippen molar-refractivity contribution in [1.29, 1.82) is 0 Å². The van der Waals surface area contributed by atoms with Gasteiger partial charge in [0.15, 0.2) is 0 Å². The van der Waals surface area contributed by atoms with Crippen LogP contribution in [-0.2, 0) is 9.53 Å². The number of amides is 1. The summed E-state index contributed by atoms with van der Waals surface area (Å²) in [5, 5.41) is 15.0. The van der Waals surface area contributed by atoms with Gasteiger partial charge < -0.3 is 15.2 Å². The average Bonchev–Trinajstić information content (AvgIpc) is 2.68. The van der Waals surface area contributed by atoms with Crippen molar-refractivity contribution >= 4 is 17.7 Å². The minimum Gasteiger partial charge on any atom is -0.481 e. The molecule has 6 heteroatoms. The van der Waals surface area contributed by atoms with Crippen molar-refractivity contribution in [2.24, 2.45) is 5.92 Å². The van der Waals surface area contributed by atoms with Crippen LogP contribution in [0.25, 0.3) is 11.1 Å². The van der Waals surface area contributed by atoms with E-state index < -0.39 is 12.1 Å². The molecule has 142 valence electrons. The lowest BCUT2D eigenvalue weighted by Crippen LogP contribution is -2.43. The second kappa shape index (κ2) is 9.19. The smallest absolute Gasteiger partial charge is 0.411 e. The summed E-state index contributed by atoms with van der Waals surface area (Å²) in [6.45, 7) is 1.41. The van der Waals surface area contributed by atoms with Crippen LogP contribution >= 0.6 is 0 Å². The van der Waals surface area contributed by atoms with Crippen molar-refractivity contribution in [3.8, 4) is 11.1 Å². The molecule has 2 aromatic carbocycles. The van der Waals surface area contributed by atoms with Gasteiger partial charge in [-0.3, -0.25) is 10.1 Å². The van der Waals surface area contributed by atoms with E-state index in [1.54, 1.807) is 0 Å². The van der Waals surface area contributed by atoms with Crippen LogP contribution in [0.3, 0.4) is 0 Å². The lowest BCUT2D eigenvalue weighted by Gasteiger charge is -2.31. The second-order valence-electron chi connectivity index (χ2n) is 6.67. The van der Waals surface area contributed by atoms with Gasteiger partial charge in [-0.05, 0) is 31.0 Å². The van der Waals surface area contributed by atoms with Crippen LogP contribution < -0.4 is 10.6 Å². The Bertz CT molecular complexity index is 779. The Balaban J connectivity index is 1.66. The molecular formula is C21H24N2O4. The summed E-state index contributed by atoms with van der Waals surface area (Å²) in [5.41, 5.74) is 2.61. The van der Waals surface area contributed by atoms with Gasteiger partial charge >= 0.3 is 12.1 Å². The van der Waals surface area contributed by atoms with Crippen molar-refractivity contribution in [1.82, 2.24) is 5.32 Å². The molecule has 1 heterocycles. The first-order chi connectivity index (χ1) is 13.1. The SMILES string of the molecule is O=C(O)CCC1CNCCC1OC(=O)Nc1ccccc1-c1ccccc1. The van der Waals surface area contributed by atoms with Gasteiger partial charge in [0.05, 0.1) is 5.69 Å². The molecule has 1 aliphatic heterocycles. The molecule has 27 heavy (non-hydrogen) atoms. The van der Waals surface area contributed by atoms with E-state index in [0.717, 1.165) is 17.7 Å². The molecule has 3 rings (SSSR count). The quantitative estimate of drug-likeness (QED) is 0.723. The molecule has 6 nitrogen and oxygen atoms in total. The molecule has 2 unspecified atom stereocenters. The number of para-hydroxylation sites is 1. The highest BCUT2D eigenvalue weighted by Gasteiger charge is 2.28. The van der Waals surface area contributed by atoms with Crippen LogP contribution in [-0.4, -0.2) is 36.4 Å².